The number of benzene rings is 2. The van der Waals surface area contributed by atoms with Gasteiger partial charge in [-0.3, -0.25) is 10.1 Å². The van der Waals surface area contributed by atoms with Gasteiger partial charge in [-0.05, 0) is 37.3 Å². The largest absolute Gasteiger partial charge is 0.461 e. The zero-order chi connectivity index (χ0) is 19.7. The number of hydrogen-bond donors (Lipinski definition) is 1. The van der Waals surface area contributed by atoms with Crippen molar-refractivity contribution in [3.63, 3.8) is 0 Å². The molecule has 0 amide bonds. The molecule has 0 saturated carbocycles. The highest BCUT2D eigenvalue weighted by molar-refractivity contribution is 6.31. The lowest BCUT2D eigenvalue weighted by Crippen LogP contribution is -2.09. The molecule has 27 heavy (non-hydrogen) atoms. The highest BCUT2D eigenvalue weighted by Crippen LogP contribution is 2.36. The molecule has 0 saturated heterocycles. The molecule has 0 atom stereocenters. The lowest BCUT2D eigenvalue weighted by Gasteiger charge is -2.09. The Hall–Kier alpha value is -3.13. The highest BCUT2D eigenvalue weighted by Gasteiger charge is 2.23. The minimum atomic E-state index is -0.582. The smallest absolute Gasteiger partial charge is 0.354 e. The standard InChI is InChI=1S/C18H15ClFN3O4/c1-3-27-18(24)16-9-11-14(21-10-4-5-13(20)12(19)8-10)6-7-15(23(25)26)17(11)22(16)2/h4-9,21H,3H2,1-2H3. The first-order chi connectivity index (χ1) is 12.8. The van der Waals surface area contributed by atoms with Crippen molar-refractivity contribution in [3.8, 4) is 0 Å². The van der Waals surface area contributed by atoms with Crippen molar-refractivity contribution in [3.05, 3.63) is 63.0 Å². The number of esters is 1. The van der Waals surface area contributed by atoms with E-state index in [4.69, 9.17) is 16.3 Å². The molecule has 0 spiro atoms. The number of non-ortho nitro benzene ring substituents is 1. The van der Waals surface area contributed by atoms with Crippen LogP contribution in [-0.4, -0.2) is 22.1 Å². The Morgan fingerprint density at radius 2 is 2.07 bits per heavy atom. The second kappa shape index (κ2) is 7.24. The average Bonchev–Trinajstić information content (AvgIpc) is 2.97. The van der Waals surface area contributed by atoms with Crippen molar-refractivity contribution in [1.82, 2.24) is 4.57 Å². The van der Waals surface area contributed by atoms with E-state index < -0.39 is 16.7 Å². The molecule has 0 aliphatic rings. The summed E-state index contributed by atoms with van der Waals surface area (Å²) in [4.78, 5) is 23.1. The van der Waals surface area contributed by atoms with E-state index in [0.717, 1.165) is 0 Å². The summed E-state index contributed by atoms with van der Waals surface area (Å²) in [6, 6.07) is 8.48. The predicted octanol–water partition coefficient (Wildman–Crippen LogP) is 4.80. The van der Waals surface area contributed by atoms with Crippen LogP contribution in [0, 0.1) is 15.9 Å². The number of anilines is 2. The number of hydrogen-bond acceptors (Lipinski definition) is 5. The molecule has 1 N–H and O–H groups in total. The molecule has 0 fully saturated rings. The van der Waals surface area contributed by atoms with Gasteiger partial charge in [0.1, 0.15) is 17.0 Å². The van der Waals surface area contributed by atoms with Crippen molar-refractivity contribution in [1.29, 1.82) is 0 Å². The highest BCUT2D eigenvalue weighted by atomic mass is 35.5. The summed E-state index contributed by atoms with van der Waals surface area (Å²) in [6.07, 6.45) is 0. The summed E-state index contributed by atoms with van der Waals surface area (Å²) < 4.78 is 19.8. The Kier molecular flexibility index (Phi) is 5.00. The molecule has 0 aliphatic heterocycles. The topological polar surface area (TPSA) is 86.4 Å². The molecule has 1 aromatic heterocycles. The Morgan fingerprint density at radius 3 is 2.70 bits per heavy atom. The molecule has 140 valence electrons. The lowest BCUT2D eigenvalue weighted by molar-refractivity contribution is -0.383. The van der Waals surface area contributed by atoms with Crippen LogP contribution in [0.1, 0.15) is 17.4 Å². The van der Waals surface area contributed by atoms with Gasteiger partial charge in [0, 0.05) is 29.9 Å². The quantitative estimate of drug-likeness (QED) is 0.383. The van der Waals surface area contributed by atoms with E-state index >= 15 is 0 Å². The number of rotatable bonds is 5. The SMILES string of the molecule is CCOC(=O)c1cc2c(Nc3ccc(F)c(Cl)c3)ccc([N+](=O)[O-])c2n1C. The van der Waals surface area contributed by atoms with E-state index in [1.807, 2.05) is 0 Å². The van der Waals surface area contributed by atoms with Crippen LogP contribution in [-0.2, 0) is 11.8 Å². The molecule has 1 heterocycles. The van der Waals surface area contributed by atoms with Crippen LogP contribution >= 0.6 is 11.6 Å². The van der Waals surface area contributed by atoms with Gasteiger partial charge >= 0.3 is 5.97 Å². The fourth-order valence-corrected chi connectivity index (χ4v) is 3.02. The van der Waals surface area contributed by atoms with Crippen LogP contribution in [0.3, 0.4) is 0 Å². The minimum absolute atomic E-state index is 0.0570. The molecular formula is C18H15ClFN3O4. The Balaban J connectivity index is 2.17. The van der Waals surface area contributed by atoms with E-state index in [9.17, 15) is 19.3 Å². The maximum atomic E-state index is 13.4. The van der Waals surface area contributed by atoms with Crippen LogP contribution in [0.25, 0.3) is 10.9 Å². The molecular weight excluding hydrogens is 377 g/mol. The molecule has 2 aromatic carbocycles. The van der Waals surface area contributed by atoms with Gasteiger partial charge in [-0.2, -0.15) is 0 Å². The number of fused-ring (bicyclic) bond motifs is 1. The average molecular weight is 392 g/mol. The van der Waals surface area contributed by atoms with Crippen molar-refractivity contribution < 1.29 is 18.8 Å². The Bertz CT molecular complexity index is 1060. The monoisotopic (exact) mass is 391 g/mol. The number of carbonyl (C=O) groups is 1. The number of nitro benzene ring substituents is 1. The van der Waals surface area contributed by atoms with Gasteiger partial charge in [-0.1, -0.05) is 11.6 Å². The van der Waals surface area contributed by atoms with E-state index in [1.165, 1.54) is 41.0 Å². The zero-order valence-electron chi connectivity index (χ0n) is 14.5. The molecule has 0 aliphatic carbocycles. The summed E-state index contributed by atoms with van der Waals surface area (Å²) in [5, 5.41) is 14.9. The fraction of sp³-hybridized carbons (Fsp3) is 0.167. The summed E-state index contributed by atoms with van der Waals surface area (Å²) in [6.45, 7) is 1.86. The predicted molar refractivity (Wildman–Crippen MR) is 100 cm³/mol. The summed E-state index contributed by atoms with van der Waals surface area (Å²) in [7, 11) is 1.56. The fourth-order valence-electron chi connectivity index (χ4n) is 2.84. The van der Waals surface area contributed by atoms with Crippen molar-refractivity contribution >= 4 is 45.5 Å². The van der Waals surface area contributed by atoms with Gasteiger partial charge in [0.2, 0.25) is 0 Å². The number of nitrogens with one attached hydrogen (secondary N) is 1. The number of aromatic nitrogens is 1. The lowest BCUT2D eigenvalue weighted by atomic mass is 10.1. The Labute approximate surface area is 158 Å². The number of ether oxygens (including phenoxy) is 1. The van der Waals surface area contributed by atoms with Crippen molar-refractivity contribution in [2.75, 3.05) is 11.9 Å². The van der Waals surface area contributed by atoms with Crippen LogP contribution < -0.4 is 5.32 Å². The van der Waals surface area contributed by atoms with Gasteiger partial charge in [-0.15, -0.1) is 0 Å². The van der Waals surface area contributed by atoms with E-state index in [1.54, 1.807) is 14.0 Å². The van der Waals surface area contributed by atoms with Crippen molar-refractivity contribution in [2.45, 2.75) is 6.92 Å². The zero-order valence-corrected chi connectivity index (χ0v) is 15.2. The maximum absolute atomic E-state index is 13.4. The third-order valence-corrected chi connectivity index (χ3v) is 4.34. The number of nitro groups is 1. The number of nitrogens with zero attached hydrogens (tertiary/aromatic N) is 2. The maximum Gasteiger partial charge on any atom is 0.354 e. The van der Waals surface area contributed by atoms with Crippen LogP contribution in [0.2, 0.25) is 5.02 Å². The Morgan fingerprint density at radius 1 is 1.33 bits per heavy atom. The first-order valence-electron chi connectivity index (χ1n) is 7.99. The van der Waals surface area contributed by atoms with Crippen LogP contribution in [0.4, 0.5) is 21.5 Å². The second-order valence-electron chi connectivity index (χ2n) is 5.71. The number of carbonyl (C=O) groups excluding carboxylic acids is 1. The summed E-state index contributed by atoms with van der Waals surface area (Å²) in [5.41, 5.74) is 1.30. The number of halogens is 2. The molecule has 3 aromatic rings. The van der Waals surface area contributed by atoms with Gasteiger partial charge in [-0.25, -0.2) is 9.18 Å². The molecule has 0 unspecified atom stereocenters. The summed E-state index contributed by atoms with van der Waals surface area (Å²) >= 11 is 5.80. The first-order valence-corrected chi connectivity index (χ1v) is 8.37. The minimum Gasteiger partial charge on any atom is -0.461 e. The number of aryl methyl sites for hydroxylation is 1. The van der Waals surface area contributed by atoms with Gasteiger partial charge < -0.3 is 14.6 Å². The van der Waals surface area contributed by atoms with E-state index in [0.29, 0.717) is 16.8 Å². The van der Waals surface area contributed by atoms with E-state index in [2.05, 4.69) is 5.32 Å². The third kappa shape index (κ3) is 3.43. The first kappa shape index (κ1) is 18.7. The summed E-state index contributed by atoms with van der Waals surface area (Å²) in [5.74, 6) is -1.14. The molecule has 0 bridgehead atoms. The van der Waals surface area contributed by atoms with Gasteiger partial charge in [0.05, 0.1) is 16.6 Å². The van der Waals surface area contributed by atoms with Crippen LogP contribution in [0.5, 0.6) is 0 Å². The van der Waals surface area contributed by atoms with Gasteiger partial charge in [0.15, 0.2) is 0 Å². The molecule has 9 heteroatoms. The molecule has 0 radical (unpaired) electrons. The second-order valence-corrected chi connectivity index (χ2v) is 6.12. The third-order valence-electron chi connectivity index (χ3n) is 4.05. The normalized spacial score (nSPS) is 10.8. The van der Waals surface area contributed by atoms with E-state index in [-0.39, 0.29) is 28.5 Å². The molecule has 7 nitrogen and oxygen atoms in total. The van der Waals surface area contributed by atoms with Gasteiger partial charge in [0.25, 0.3) is 5.69 Å². The molecule has 3 rings (SSSR count). The van der Waals surface area contributed by atoms with Crippen molar-refractivity contribution in [2.24, 2.45) is 7.05 Å². The van der Waals surface area contributed by atoms with Crippen LogP contribution in [0.15, 0.2) is 36.4 Å².